The number of fused-ring (bicyclic) bond motifs is 1. The van der Waals surface area contributed by atoms with Gasteiger partial charge in [-0.2, -0.15) is 0 Å². The van der Waals surface area contributed by atoms with E-state index in [0.29, 0.717) is 22.4 Å². The molecule has 1 amide bonds. The first-order valence-corrected chi connectivity index (χ1v) is 9.57. The molecule has 0 fully saturated rings. The molecule has 0 aliphatic rings. The van der Waals surface area contributed by atoms with Crippen molar-refractivity contribution in [3.63, 3.8) is 0 Å². The van der Waals surface area contributed by atoms with Gasteiger partial charge in [-0.15, -0.1) is 11.3 Å². The van der Waals surface area contributed by atoms with Gasteiger partial charge in [0, 0.05) is 5.54 Å². The van der Waals surface area contributed by atoms with E-state index in [-0.39, 0.29) is 16.9 Å². The summed E-state index contributed by atoms with van der Waals surface area (Å²) in [5, 5.41) is 9.84. The molecule has 0 aliphatic heterocycles. The van der Waals surface area contributed by atoms with Crippen molar-refractivity contribution >= 4 is 28.3 Å². The molecule has 3 heterocycles. The topological polar surface area (TPSA) is 68.0 Å². The molecular weight excluding hydrogens is 346 g/mol. The van der Waals surface area contributed by atoms with Crippen molar-refractivity contribution in [3.05, 3.63) is 34.8 Å². The van der Waals surface area contributed by atoms with Crippen molar-refractivity contribution in [1.29, 1.82) is 0 Å². The summed E-state index contributed by atoms with van der Waals surface area (Å²) in [6, 6.07) is 5.78. The third-order valence-electron chi connectivity index (χ3n) is 4.06. The van der Waals surface area contributed by atoms with Crippen LogP contribution in [0.3, 0.4) is 0 Å². The van der Waals surface area contributed by atoms with E-state index < -0.39 is 0 Å². The number of hydrogen-bond donors (Lipinski definition) is 1. The number of nitrogens with zero attached hydrogens (tertiary/aromatic N) is 2. The number of carbonyl (C=O) groups is 1. The summed E-state index contributed by atoms with van der Waals surface area (Å²) in [6.45, 7) is 12.4. The highest BCUT2D eigenvalue weighted by atomic mass is 32.1. The van der Waals surface area contributed by atoms with Gasteiger partial charge >= 0.3 is 0 Å². The van der Waals surface area contributed by atoms with Crippen LogP contribution in [0.15, 0.2) is 28.1 Å². The minimum atomic E-state index is -0.334. The van der Waals surface area contributed by atoms with Gasteiger partial charge < -0.3 is 9.84 Å². The molecule has 0 radical (unpaired) electrons. The normalized spacial score (nSPS) is 12.5. The Morgan fingerprint density at radius 2 is 2.00 bits per heavy atom. The zero-order valence-corrected chi connectivity index (χ0v) is 17.0. The molecule has 0 spiro atoms. The van der Waals surface area contributed by atoms with E-state index in [4.69, 9.17) is 4.52 Å². The number of thiophene rings is 1. The van der Waals surface area contributed by atoms with Gasteiger partial charge in [-0.05, 0) is 50.1 Å². The predicted molar refractivity (Wildman–Crippen MR) is 105 cm³/mol. The number of aromatic nitrogens is 2. The molecule has 1 N–H and O–H groups in total. The van der Waals surface area contributed by atoms with Crippen molar-refractivity contribution in [2.45, 2.75) is 53.5 Å². The van der Waals surface area contributed by atoms with E-state index in [9.17, 15) is 4.79 Å². The maximum Gasteiger partial charge on any atom is 0.259 e. The van der Waals surface area contributed by atoms with Crippen molar-refractivity contribution in [2.24, 2.45) is 5.41 Å². The zero-order valence-electron chi connectivity index (χ0n) is 16.1. The van der Waals surface area contributed by atoms with Crippen LogP contribution in [0.25, 0.3) is 21.7 Å². The minimum Gasteiger partial charge on any atom is -0.347 e. The number of nitrogens with one attached hydrogen (secondary N) is 1. The standard InChI is InChI=1S/C20H25N3O2S/c1-12-16-13(17(24)22-20(5,6)11-19(2,3)4)10-14(15-8-7-9-26-15)21-18(16)25-23-12/h7-10H,11H2,1-6H3,(H,22,24). The Hall–Kier alpha value is -2.21. The molecule has 6 heteroatoms. The Labute approximate surface area is 157 Å². The van der Waals surface area contributed by atoms with Crippen LogP contribution < -0.4 is 5.32 Å². The largest absolute Gasteiger partial charge is 0.347 e. The Morgan fingerprint density at radius 1 is 1.27 bits per heavy atom. The maximum atomic E-state index is 13.1. The fourth-order valence-corrected chi connectivity index (χ4v) is 4.26. The molecule has 0 aromatic carbocycles. The zero-order chi connectivity index (χ0) is 19.1. The van der Waals surface area contributed by atoms with Crippen LogP contribution >= 0.6 is 11.3 Å². The van der Waals surface area contributed by atoms with Crippen molar-refractivity contribution in [3.8, 4) is 10.6 Å². The SMILES string of the molecule is Cc1noc2nc(-c3cccs3)cc(C(=O)NC(C)(C)CC(C)(C)C)c12. The Bertz CT molecular complexity index is 934. The number of amides is 1. The average Bonchev–Trinajstić information content (AvgIpc) is 3.13. The third kappa shape index (κ3) is 3.96. The molecular formula is C20H25N3O2S. The molecule has 3 rings (SSSR count). The van der Waals surface area contributed by atoms with Crippen molar-refractivity contribution < 1.29 is 9.32 Å². The van der Waals surface area contributed by atoms with Crippen molar-refractivity contribution in [2.75, 3.05) is 0 Å². The molecule has 5 nitrogen and oxygen atoms in total. The Balaban J connectivity index is 2.03. The monoisotopic (exact) mass is 371 g/mol. The number of aryl methyl sites for hydroxylation is 1. The van der Waals surface area contributed by atoms with E-state index in [1.165, 1.54) is 0 Å². The quantitative estimate of drug-likeness (QED) is 0.684. The summed E-state index contributed by atoms with van der Waals surface area (Å²) in [5.74, 6) is -0.129. The minimum absolute atomic E-state index is 0.111. The van der Waals surface area contributed by atoms with E-state index >= 15 is 0 Å². The van der Waals surface area contributed by atoms with Gasteiger partial charge in [0.2, 0.25) is 0 Å². The molecule has 26 heavy (non-hydrogen) atoms. The summed E-state index contributed by atoms with van der Waals surface area (Å²) in [5.41, 5.74) is 2.12. The maximum absolute atomic E-state index is 13.1. The molecule has 0 aliphatic carbocycles. The lowest BCUT2D eigenvalue weighted by molar-refractivity contribution is 0.0893. The number of hydrogen-bond acceptors (Lipinski definition) is 5. The number of carbonyl (C=O) groups excluding carboxylic acids is 1. The van der Waals surface area contributed by atoms with Crippen LogP contribution in [-0.2, 0) is 0 Å². The van der Waals surface area contributed by atoms with Gasteiger partial charge in [0.1, 0.15) is 0 Å². The highest BCUT2D eigenvalue weighted by Crippen LogP contribution is 2.31. The van der Waals surface area contributed by atoms with Crippen LogP contribution in [0, 0.1) is 12.3 Å². The molecule has 0 bridgehead atoms. The number of rotatable bonds is 4. The Kier molecular flexibility index (Phi) is 4.65. The Morgan fingerprint density at radius 3 is 2.62 bits per heavy atom. The number of pyridine rings is 1. The van der Waals surface area contributed by atoms with Crippen LogP contribution in [-0.4, -0.2) is 21.6 Å². The molecule has 138 valence electrons. The average molecular weight is 372 g/mol. The lowest BCUT2D eigenvalue weighted by Crippen LogP contribution is -2.45. The molecule has 3 aromatic heterocycles. The summed E-state index contributed by atoms with van der Waals surface area (Å²) in [6.07, 6.45) is 0.861. The van der Waals surface area contributed by atoms with Gasteiger partial charge in [-0.25, -0.2) is 4.98 Å². The highest BCUT2D eigenvalue weighted by Gasteiger charge is 2.29. The molecule has 0 atom stereocenters. The second-order valence-electron chi connectivity index (χ2n) is 8.56. The predicted octanol–water partition coefficient (Wildman–Crippen LogP) is 5.20. The lowest BCUT2D eigenvalue weighted by atomic mass is 9.81. The van der Waals surface area contributed by atoms with Crippen molar-refractivity contribution in [1.82, 2.24) is 15.5 Å². The van der Waals surface area contributed by atoms with Gasteiger partial charge in [0.25, 0.3) is 11.6 Å². The molecule has 0 saturated carbocycles. The summed E-state index contributed by atoms with van der Waals surface area (Å²) in [7, 11) is 0. The lowest BCUT2D eigenvalue weighted by Gasteiger charge is -2.33. The van der Waals surface area contributed by atoms with Gasteiger partial charge in [-0.3, -0.25) is 4.79 Å². The second-order valence-corrected chi connectivity index (χ2v) is 9.50. The molecule has 0 saturated heterocycles. The molecule has 3 aromatic rings. The summed E-state index contributed by atoms with van der Waals surface area (Å²) >= 11 is 1.58. The van der Waals surface area contributed by atoms with Crippen LogP contribution in [0.5, 0.6) is 0 Å². The van der Waals surface area contributed by atoms with E-state index in [1.807, 2.05) is 30.5 Å². The first-order chi connectivity index (χ1) is 12.1. The van der Waals surface area contributed by atoms with Gasteiger partial charge in [0.15, 0.2) is 0 Å². The summed E-state index contributed by atoms with van der Waals surface area (Å²) < 4.78 is 5.35. The van der Waals surface area contributed by atoms with E-state index in [0.717, 1.165) is 17.0 Å². The van der Waals surface area contributed by atoms with E-state index in [2.05, 4.69) is 50.1 Å². The van der Waals surface area contributed by atoms with E-state index in [1.54, 1.807) is 11.3 Å². The first-order valence-electron chi connectivity index (χ1n) is 8.69. The smallest absolute Gasteiger partial charge is 0.259 e. The fourth-order valence-electron chi connectivity index (χ4n) is 3.57. The van der Waals surface area contributed by atoms with Gasteiger partial charge in [0.05, 0.1) is 27.2 Å². The van der Waals surface area contributed by atoms with Gasteiger partial charge in [-0.1, -0.05) is 32.0 Å². The van der Waals surface area contributed by atoms with Crippen LogP contribution in [0.2, 0.25) is 0 Å². The van der Waals surface area contributed by atoms with Crippen LogP contribution in [0.4, 0.5) is 0 Å². The van der Waals surface area contributed by atoms with Crippen LogP contribution in [0.1, 0.15) is 57.1 Å². The second kappa shape index (κ2) is 6.50. The first kappa shape index (κ1) is 18.6. The molecule has 0 unspecified atom stereocenters. The fraction of sp³-hybridized carbons (Fsp3) is 0.450. The highest BCUT2D eigenvalue weighted by molar-refractivity contribution is 7.13. The third-order valence-corrected chi connectivity index (χ3v) is 4.95. The summed E-state index contributed by atoms with van der Waals surface area (Å²) in [4.78, 5) is 18.7.